The van der Waals surface area contributed by atoms with Gasteiger partial charge < -0.3 is 0 Å². The van der Waals surface area contributed by atoms with Gasteiger partial charge in [-0.3, -0.25) is 19.8 Å². The van der Waals surface area contributed by atoms with Gasteiger partial charge in [0.1, 0.15) is 5.92 Å². The molecule has 0 bridgehead atoms. The molecule has 1 aliphatic heterocycles. The Bertz CT molecular complexity index is 357. The van der Waals surface area contributed by atoms with E-state index in [1.807, 2.05) is 6.92 Å². The Morgan fingerprint density at radius 1 is 1.44 bits per heavy atom. The van der Waals surface area contributed by atoms with Crippen LogP contribution < -0.4 is 5.32 Å². The van der Waals surface area contributed by atoms with Crippen LogP contribution in [-0.2, 0) is 9.59 Å². The minimum absolute atomic E-state index is 0.330. The third-order valence-corrected chi connectivity index (χ3v) is 3.57. The number of urea groups is 1. The van der Waals surface area contributed by atoms with E-state index in [2.05, 4.69) is 11.9 Å². The van der Waals surface area contributed by atoms with Gasteiger partial charge in [-0.2, -0.15) is 11.8 Å². The van der Waals surface area contributed by atoms with Gasteiger partial charge in [-0.1, -0.05) is 19.4 Å². The van der Waals surface area contributed by atoms with Crippen molar-refractivity contribution in [3.05, 3.63) is 12.7 Å². The Kier molecular flexibility index (Phi) is 5.91. The number of carbonyl (C=O) groups excluding carboxylic acids is 3. The lowest BCUT2D eigenvalue weighted by molar-refractivity contribution is -0.142. The maximum atomic E-state index is 12.0. The lowest BCUT2D eigenvalue weighted by atomic mass is 9.99. The fourth-order valence-corrected chi connectivity index (χ4v) is 2.38. The maximum absolute atomic E-state index is 12.0. The zero-order valence-corrected chi connectivity index (χ0v) is 11.3. The Balaban J connectivity index is 2.59. The van der Waals surface area contributed by atoms with Gasteiger partial charge in [-0.25, -0.2) is 4.79 Å². The average molecular weight is 270 g/mol. The molecule has 0 saturated carbocycles. The summed E-state index contributed by atoms with van der Waals surface area (Å²) in [6.07, 6.45) is 2.98. The van der Waals surface area contributed by atoms with E-state index in [-0.39, 0.29) is 5.91 Å². The van der Waals surface area contributed by atoms with Crippen LogP contribution in [0.1, 0.15) is 19.8 Å². The molecule has 1 unspecified atom stereocenters. The van der Waals surface area contributed by atoms with Crippen molar-refractivity contribution in [3.8, 4) is 0 Å². The van der Waals surface area contributed by atoms with Crippen LogP contribution in [-0.4, -0.2) is 40.8 Å². The van der Waals surface area contributed by atoms with Crippen LogP contribution in [0.2, 0.25) is 0 Å². The summed E-state index contributed by atoms with van der Waals surface area (Å²) in [6.45, 7) is 5.83. The van der Waals surface area contributed by atoms with Crippen LogP contribution in [0, 0.1) is 5.92 Å². The highest BCUT2D eigenvalue weighted by Crippen LogP contribution is 2.16. The van der Waals surface area contributed by atoms with Crippen molar-refractivity contribution >= 4 is 29.6 Å². The van der Waals surface area contributed by atoms with Crippen LogP contribution in [0.25, 0.3) is 0 Å². The van der Waals surface area contributed by atoms with Crippen molar-refractivity contribution in [1.82, 2.24) is 10.2 Å². The monoisotopic (exact) mass is 270 g/mol. The van der Waals surface area contributed by atoms with Crippen LogP contribution in [0.15, 0.2) is 12.7 Å². The highest BCUT2D eigenvalue weighted by molar-refractivity contribution is 7.99. The predicted molar refractivity (Wildman–Crippen MR) is 71.2 cm³/mol. The summed E-state index contributed by atoms with van der Waals surface area (Å²) >= 11 is 1.59. The first-order valence-corrected chi connectivity index (χ1v) is 7.12. The zero-order chi connectivity index (χ0) is 13.5. The molecule has 1 saturated heterocycles. The van der Waals surface area contributed by atoms with Gasteiger partial charge in [0.2, 0.25) is 11.8 Å². The molecule has 4 amide bonds. The number of nitrogens with one attached hydrogen (secondary N) is 1. The summed E-state index contributed by atoms with van der Waals surface area (Å²) in [6, 6.07) is -0.600. The second-order valence-corrected chi connectivity index (χ2v) is 5.14. The second kappa shape index (κ2) is 7.20. The van der Waals surface area contributed by atoms with Gasteiger partial charge in [0.05, 0.1) is 0 Å². The molecule has 6 heteroatoms. The zero-order valence-electron chi connectivity index (χ0n) is 10.5. The fraction of sp³-hybridized carbons (Fsp3) is 0.583. The number of hydrogen-bond acceptors (Lipinski definition) is 4. The van der Waals surface area contributed by atoms with E-state index in [9.17, 15) is 14.4 Å². The van der Waals surface area contributed by atoms with Gasteiger partial charge in [0, 0.05) is 18.1 Å². The van der Waals surface area contributed by atoms with E-state index in [1.165, 1.54) is 0 Å². The molecular weight excluding hydrogens is 252 g/mol. The molecule has 1 heterocycles. The highest BCUT2D eigenvalue weighted by atomic mass is 32.2. The van der Waals surface area contributed by atoms with Crippen LogP contribution in [0.4, 0.5) is 4.79 Å². The van der Waals surface area contributed by atoms with Gasteiger partial charge in [-0.15, -0.1) is 6.58 Å². The molecule has 1 rings (SSSR count). The summed E-state index contributed by atoms with van der Waals surface area (Å²) in [5, 5.41) is 2.23. The first kappa shape index (κ1) is 14.8. The summed E-state index contributed by atoms with van der Waals surface area (Å²) in [5.74, 6) is -0.122. The van der Waals surface area contributed by atoms with Crippen LogP contribution >= 0.6 is 11.8 Å². The molecule has 0 aromatic rings. The standard InChI is InChI=1S/C12H18N2O3S/c1-3-5-9-10(15)13-12(17)14(11(9)16)6-8-18-7-4-2/h4,9H,2-3,5-8H2,1H3,(H,13,15,17). The molecule has 0 radical (unpaired) electrons. The van der Waals surface area contributed by atoms with Crippen molar-refractivity contribution in [2.24, 2.45) is 5.92 Å². The number of nitrogens with zero attached hydrogens (tertiary/aromatic N) is 1. The van der Waals surface area contributed by atoms with Gasteiger partial charge in [0.15, 0.2) is 0 Å². The minimum Gasteiger partial charge on any atom is -0.277 e. The number of rotatable bonds is 7. The minimum atomic E-state index is -0.711. The quantitative estimate of drug-likeness (QED) is 0.431. The normalized spacial score (nSPS) is 19.9. The van der Waals surface area contributed by atoms with Crippen LogP contribution in [0.3, 0.4) is 0 Å². The third kappa shape index (κ3) is 3.60. The van der Waals surface area contributed by atoms with Crippen molar-refractivity contribution in [2.75, 3.05) is 18.1 Å². The van der Waals surface area contributed by atoms with Gasteiger partial charge in [0.25, 0.3) is 0 Å². The largest absolute Gasteiger partial charge is 0.330 e. The van der Waals surface area contributed by atoms with Crippen molar-refractivity contribution in [3.63, 3.8) is 0 Å². The number of amides is 4. The van der Waals surface area contributed by atoms with Gasteiger partial charge >= 0.3 is 6.03 Å². The molecular formula is C12H18N2O3S. The lowest BCUT2D eigenvalue weighted by Gasteiger charge is -2.29. The first-order valence-electron chi connectivity index (χ1n) is 5.96. The summed E-state index contributed by atoms with van der Waals surface area (Å²) in [4.78, 5) is 36.3. The number of imide groups is 2. The molecule has 0 aromatic heterocycles. The Hall–Kier alpha value is -1.30. The van der Waals surface area contributed by atoms with Gasteiger partial charge in [-0.05, 0) is 6.42 Å². The summed E-state index contributed by atoms with van der Waals surface area (Å²) < 4.78 is 0. The fourth-order valence-electron chi connectivity index (χ4n) is 1.74. The van der Waals surface area contributed by atoms with Crippen molar-refractivity contribution in [1.29, 1.82) is 0 Å². The average Bonchev–Trinajstić information content (AvgIpc) is 2.33. The van der Waals surface area contributed by atoms with E-state index >= 15 is 0 Å². The van der Waals surface area contributed by atoms with Crippen LogP contribution in [0.5, 0.6) is 0 Å². The molecule has 1 fully saturated rings. The van der Waals surface area contributed by atoms with E-state index in [0.717, 1.165) is 17.1 Å². The third-order valence-electron chi connectivity index (χ3n) is 2.63. The molecule has 0 aliphatic carbocycles. The Morgan fingerprint density at radius 2 is 2.17 bits per heavy atom. The predicted octanol–water partition coefficient (Wildman–Crippen LogP) is 1.40. The maximum Gasteiger partial charge on any atom is 0.330 e. The van der Waals surface area contributed by atoms with E-state index in [1.54, 1.807) is 17.8 Å². The smallest absolute Gasteiger partial charge is 0.277 e. The Labute approximate surface area is 111 Å². The molecule has 5 nitrogen and oxygen atoms in total. The molecule has 100 valence electrons. The SMILES string of the molecule is C=CCSCCN1C(=O)NC(=O)C(CCC)C1=O. The molecule has 1 atom stereocenters. The number of hydrogen-bond donors (Lipinski definition) is 1. The van der Waals surface area contributed by atoms with E-state index in [0.29, 0.717) is 18.7 Å². The highest BCUT2D eigenvalue weighted by Gasteiger charge is 2.39. The summed E-state index contributed by atoms with van der Waals surface area (Å²) in [7, 11) is 0. The number of carbonyl (C=O) groups is 3. The van der Waals surface area contributed by atoms with Crippen molar-refractivity contribution in [2.45, 2.75) is 19.8 Å². The Morgan fingerprint density at radius 3 is 2.78 bits per heavy atom. The molecule has 0 aromatic carbocycles. The molecule has 0 spiro atoms. The molecule has 1 N–H and O–H groups in total. The molecule has 18 heavy (non-hydrogen) atoms. The second-order valence-electron chi connectivity index (χ2n) is 3.99. The topological polar surface area (TPSA) is 66.5 Å². The van der Waals surface area contributed by atoms with E-state index in [4.69, 9.17) is 0 Å². The number of barbiturate groups is 1. The van der Waals surface area contributed by atoms with E-state index < -0.39 is 17.9 Å². The summed E-state index contributed by atoms with van der Waals surface area (Å²) in [5.41, 5.74) is 0. The number of thioether (sulfide) groups is 1. The first-order chi connectivity index (χ1) is 8.61. The lowest BCUT2D eigenvalue weighted by Crippen LogP contribution is -2.58. The van der Waals surface area contributed by atoms with Crippen molar-refractivity contribution < 1.29 is 14.4 Å². The molecule has 1 aliphatic rings.